The summed E-state index contributed by atoms with van der Waals surface area (Å²) < 4.78 is 26.8. The van der Waals surface area contributed by atoms with Gasteiger partial charge in [-0.3, -0.25) is 4.79 Å². The number of nitrogens with zero attached hydrogens (tertiary/aromatic N) is 1. The molecule has 2 fully saturated rings. The van der Waals surface area contributed by atoms with Crippen LogP contribution in [0.1, 0.15) is 44.1 Å². The van der Waals surface area contributed by atoms with Crippen LogP contribution in [0.25, 0.3) is 0 Å². The van der Waals surface area contributed by atoms with E-state index in [-0.39, 0.29) is 30.3 Å². The van der Waals surface area contributed by atoms with Crippen LogP contribution in [-0.4, -0.2) is 37.8 Å². The van der Waals surface area contributed by atoms with Crippen LogP contribution in [0.2, 0.25) is 0 Å². The van der Waals surface area contributed by atoms with Gasteiger partial charge in [-0.1, -0.05) is 18.6 Å². The van der Waals surface area contributed by atoms with E-state index in [0.717, 1.165) is 44.1 Å². The third-order valence-corrected chi connectivity index (χ3v) is 7.10. The number of rotatable bonds is 5. The first-order chi connectivity index (χ1) is 12.0. The van der Waals surface area contributed by atoms with Crippen LogP contribution in [0.3, 0.4) is 0 Å². The van der Waals surface area contributed by atoms with Crippen molar-refractivity contribution in [1.29, 1.82) is 0 Å². The zero-order valence-corrected chi connectivity index (χ0v) is 16.5. The molecule has 1 aliphatic heterocycles. The molecule has 0 aromatic heterocycles. The van der Waals surface area contributed by atoms with Gasteiger partial charge in [-0.2, -0.15) is 4.31 Å². The fourth-order valence-electron chi connectivity index (χ4n) is 3.62. The van der Waals surface area contributed by atoms with E-state index >= 15 is 0 Å². The van der Waals surface area contributed by atoms with Gasteiger partial charge in [0.05, 0.1) is 4.90 Å². The Labute approximate surface area is 162 Å². The van der Waals surface area contributed by atoms with Crippen molar-refractivity contribution in [3.8, 4) is 0 Å². The first-order valence-corrected chi connectivity index (χ1v) is 10.5. The minimum atomic E-state index is -3.40. The quantitative estimate of drug-likeness (QED) is 0.789. The molecule has 8 heteroatoms. The molecule has 6 nitrogen and oxygen atoms in total. The van der Waals surface area contributed by atoms with Crippen LogP contribution in [0, 0.1) is 5.92 Å². The van der Waals surface area contributed by atoms with Crippen molar-refractivity contribution in [2.45, 2.75) is 56.0 Å². The molecule has 3 rings (SSSR count). The van der Waals surface area contributed by atoms with Crippen molar-refractivity contribution in [3.63, 3.8) is 0 Å². The van der Waals surface area contributed by atoms with Crippen molar-refractivity contribution in [2.24, 2.45) is 11.7 Å². The Balaban J connectivity index is 0.00000243. The van der Waals surface area contributed by atoms with Crippen LogP contribution in [0.5, 0.6) is 0 Å². The highest BCUT2D eigenvalue weighted by molar-refractivity contribution is 7.89. The van der Waals surface area contributed by atoms with Crippen LogP contribution < -0.4 is 11.1 Å². The van der Waals surface area contributed by atoms with E-state index in [9.17, 15) is 13.2 Å². The molecule has 26 heavy (non-hydrogen) atoms. The Morgan fingerprint density at radius 2 is 1.77 bits per heavy atom. The molecule has 0 radical (unpaired) electrons. The lowest BCUT2D eigenvalue weighted by Gasteiger charge is -2.25. The molecule has 2 atom stereocenters. The van der Waals surface area contributed by atoms with Crippen molar-refractivity contribution in [3.05, 3.63) is 29.8 Å². The van der Waals surface area contributed by atoms with Crippen molar-refractivity contribution in [1.82, 2.24) is 9.62 Å². The molecular weight excluding hydrogens is 374 g/mol. The topological polar surface area (TPSA) is 92.5 Å². The molecule has 0 spiro atoms. The Bertz CT molecular complexity index is 703. The number of nitrogens with two attached hydrogens (primary N) is 1. The van der Waals surface area contributed by atoms with E-state index in [1.165, 1.54) is 0 Å². The van der Waals surface area contributed by atoms with Gasteiger partial charge in [-0.15, -0.1) is 12.4 Å². The zero-order chi connectivity index (χ0) is 17.9. The third-order valence-electron chi connectivity index (χ3n) is 5.19. The summed E-state index contributed by atoms with van der Waals surface area (Å²) in [6, 6.07) is 6.96. The fourth-order valence-corrected chi connectivity index (χ4v) is 5.14. The summed E-state index contributed by atoms with van der Waals surface area (Å²) in [6.45, 7) is 1.61. The molecule has 1 aromatic rings. The molecule has 1 heterocycles. The number of piperidine rings is 1. The Morgan fingerprint density at radius 3 is 2.35 bits per heavy atom. The van der Waals surface area contributed by atoms with Crippen molar-refractivity contribution >= 4 is 28.3 Å². The molecule has 1 amide bonds. The van der Waals surface area contributed by atoms with Crippen molar-refractivity contribution < 1.29 is 13.2 Å². The number of sulfonamides is 1. The molecule has 1 saturated heterocycles. The number of halogens is 1. The first-order valence-electron chi connectivity index (χ1n) is 9.09. The molecular formula is C18H28ClN3O3S. The second-order valence-electron chi connectivity index (χ2n) is 7.10. The molecule has 2 unspecified atom stereocenters. The van der Waals surface area contributed by atoms with Gasteiger partial charge in [-0.05, 0) is 49.8 Å². The molecule has 1 aromatic carbocycles. The summed E-state index contributed by atoms with van der Waals surface area (Å²) in [7, 11) is -3.40. The van der Waals surface area contributed by atoms with Gasteiger partial charge < -0.3 is 11.1 Å². The second kappa shape index (κ2) is 9.17. The number of benzene rings is 1. The van der Waals surface area contributed by atoms with Crippen LogP contribution in [0.4, 0.5) is 0 Å². The van der Waals surface area contributed by atoms with Gasteiger partial charge >= 0.3 is 0 Å². The number of hydrogen-bond acceptors (Lipinski definition) is 4. The van der Waals surface area contributed by atoms with E-state index in [2.05, 4.69) is 5.32 Å². The highest BCUT2D eigenvalue weighted by Gasteiger charge is 2.28. The Hall–Kier alpha value is -1.15. The minimum absolute atomic E-state index is 0. The summed E-state index contributed by atoms with van der Waals surface area (Å²) in [4.78, 5) is 12.5. The van der Waals surface area contributed by atoms with E-state index in [4.69, 9.17) is 5.73 Å². The third kappa shape index (κ3) is 4.97. The minimum Gasteiger partial charge on any atom is -0.352 e. The molecule has 1 saturated carbocycles. The molecule has 0 bridgehead atoms. The van der Waals surface area contributed by atoms with Gasteiger partial charge in [0, 0.05) is 31.6 Å². The van der Waals surface area contributed by atoms with Gasteiger partial charge in [0.2, 0.25) is 15.9 Å². The first kappa shape index (κ1) is 21.2. The molecule has 2 aliphatic rings. The number of carbonyl (C=O) groups is 1. The molecule has 146 valence electrons. The standard InChI is InChI=1S/C18H27N3O3S.ClH/c19-16-7-6-15(12-16)18(22)20-13-14-4-8-17(9-5-14)25(23,24)21-10-2-1-3-11-21;/h4-5,8-9,15-16H,1-3,6-7,10-13,19H2,(H,20,22);1H. The van der Waals surface area contributed by atoms with E-state index in [1.54, 1.807) is 28.6 Å². The summed E-state index contributed by atoms with van der Waals surface area (Å²) in [5, 5.41) is 2.93. The number of amides is 1. The molecule has 3 N–H and O–H groups in total. The van der Waals surface area contributed by atoms with Crippen LogP contribution >= 0.6 is 12.4 Å². The Morgan fingerprint density at radius 1 is 1.12 bits per heavy atom. The average molecular weight is 402 g/mol. The van der Waals surface area contributed by atoms with Gasteiger partial charge in [0.1, 0.15) is 0 Å². The zero-order valence-electron chi connectivity index (χ0n) is 14.9. The van der Waals surface area contributed by atoms with E-state index in [0.29, 0.717) is 24.5 Å². The van der Waals surface area contributed by atoms with E-state index in [1.807, 2.05) is 0 Å². The van der Waals surface area contributed by atoms with Gasteiger partial charge in [0.15, 0.2) is 0 Å². The SMILES string of the molecule is Cl.NC1CCC(C(=O)NCc2ccc(S(=O)(=O)N3CCCCC3)cc2)C1. The highest BCUT2D eigenvalue weighted by Crippen LogP contribution is 2.24. The maximum Gasteiger partial charge on any atom is 0.243 e. The predicted molar refractivity (Wildman–Crippen MR) is 103 cm³/mol. The predicted octanol–water partition coefficient (Wildman–Crippen LogP) is 2.03. The smallest absolute Gasteiger partial charge is 0.243 e. The summed E-state index contributed by atoms with van der Waals surface area (Å²) in [5.74, 6) is 0.0479. The van der Waals surface area contributed by atoms with Gasteiger partial charge in [-0.25, -0.2) is 8.42 Å². The monoisotopic (exact) mass is 401 g/mol. The molecule has 1 aliphatic carbocycles. The summed E-state index contributed by atoms with van der Waals surface area (Å²) in [5.41, 5.74) is 6.74. The lowest BCUT2D eigenvalue weighted by atomic mass is 10.1. The number of carbonyl (C=O) groups excluding carboxylic acids is 1. The largest absolute Gasteiger partial charge is 0.352 e. The van der Waals surface area contributed by atoms with Crippen LogP contribution in [0.15, 0.2) is 29.2 Å². The normalized spacial score (nSPS) is 24.0. The summed E-state index contributed by atoms with van der Waals surface area (Å²) in [6.07, 6.45) is 5.44. The van der Waals surface area contributed by atoms with E-state index < -0.39 is 10.0 Å². The maximum atomic E-state index is 12.6. The Kier molecular flexibility index (Phi) is 7.46. The maximum absolute atomic E-state index is 12.6. The average Bonchev–Trinajstić information content (AvgIpc) is 3.07. The lowest BCUT2D eigenvalue weighted by Crippen LogP contribution is -2.35. The van der Waals surface area contributed by atoms with Crippen LogP contribution in [-0.2, 0) is 21.4 Å². The second-order valence-corrected chi connectivity index (χ2v) is 9.03. The van der Waals surface area contributed by atoms with Gasteiger partial charge in [0.25, 0.3) is 0 Å². The number of hydrogen-bond donors (Lipinski definition) is 2. The van der Waals surface area contributed by atoms with Crippen molar-refractivity contribution in [2.75, 3.05) is 13.1 Å². The fraction of sp³-hybridized carbons (Fsp3) is 0.611. The number of nitrogens with one attached hydrogen (secondary N) is 1. The lowest BCUT2D eigenvalue weighted by molar-refractivity contribution is -0.125. The highest BCUT2D eigenvalue weighted by atomic mass is 35.5. The summed E-state index contributed by atoms with van der Waals surface area (Å²) >= 11 is 0.